The Morgan fingerprint density at radius 1 is 0.700 bits per heavy atom. The van der Waals surface area contributed by atoms with Crippen molar-refractivity contribution in [2.45, 2.75) is 90.9 Å². The van der Waals surface area contributed by atoms with Gasteiger partial charge < -0.3 is 0 Å². The summed E-state index contributed by atoms with van der Waals surface area (Å²) in [6.07, 6.45) is 18.4. The van der Waals surface area contributed by atoms with E-state index in [1.165, 1.54) is 38.5 Å². The summed E-state index contributed by atoms with van der Waals surface area (Å²) >= 11 is 0. The number of rotatable bonds is 4. The van der Waals surface area contributed by atoms with Crippen LogP contribution in [0.3, 0.4) is 0 Å². The molecule has 0 spiro atoms. The fourth-order valence-corrected chi connectivity index (χ4v) is 6.40. The normalized spacial score (nSPS) is 42.6. The molecule has 0 aromatic rings. The highest BCUT2D eigenvalue weighted by molar-refractivity contribution is 4.96. The molecule has 0 saturated heterocycles. The zero-order valence-corrected chi connectivity index (χ0v) is 13.9. The fourth-order valence-electron chi connectivity index (χ4n) is 6.40. The van der Waals surface area contributed by atoms with Gasteiger partial charge in [0.1, 0.15) is 0 Å². The molecule has 0 bridgehead atoms. The first-order valence-corrected chi connectivity index (χ1v) is 9.81. The van der Waals surface area contributed by atoms with Gasteiger partial charge in [-0.15, -0.1) is 0 Å². The quantitative estimate of drug-likeness (QED) is 0.554. The van der Waals surface area contributed by atoms with Gasteiger partial charge in [-0.25, -0.2) is 0 Å². The van der Waals surface area contributed by atoms with E-state index in [9.17, 15) is 0 Å². The lowest BCUT2D eigenvalue weighted by molar-refractivity contribution is 0.188. The third kappa shape index (κ3) is 2.95. The van der Waals surface area contributed by atoms with Gasteiger partial charge in [-0.05, 0) is 54.8 Å². The minimum Gasteiger partial charge on any atom is -0.0651 e. The van der Waals surface area contributed by atoms with Crippen LogP contribution in [-0.4, -0.2) is 0 Å². The molecule has 0 aliphatic heterocycles. The molecule has 0 nitrogen and oxygen atoms in total. The summed E-state index contributed by atoms with van der Waals surface area (Å²) in [5.74, 6) is 6.51. The summed E-state index contributed by atoms with van der Waals surface area (Å²) < 4.78 is 0. The molecular formula is C20H36. The minimum atomic E-state index is 1.03. The van der Waals surface area contributed by atoms with E-state index in [0.29, 0.717) is 0 Å². The van der Waals surface area contributed by atoms with E-state index in [1.807, 2.05) is 0 Å². The highest BCUT2D eigenvalue weighted by atomic mass is 14.5. The Labute approximate surface area is 127 Å². The van der Waals surface area contributed by atoms with Crippen molar-refractivity contribution in [3.63, 3.8) is 0 Å². The largest absolute Gasteiger partial charge is 0.0651 e. The third-order valence-electron chi connectivity index (χ3n) is 7.43. The first-order valence-electron chi connectivity index (χ1n) is 9.81. The van der Waals surface area contributed by atoms with Gasteiger partial charge in [0, 0.05) is 0 Å². The summed E-state index contributed by atoms with van der Waals surface area (Å²) in [6.45, 7) is 5.06. The lowest BCUT2D eigenvalue weighted by Gasteiger charge is -2.32. The first-order chi connectivity index (χ1) is 9.81. The molecule has 4 unspecified atom stereocenters. The van der Waals surface area contributed by atoms with E-state index in [-0.39, 0.29) is 0 Å². The smallest absolute Gasteiger partial charge is 0.0352 e. The molecule has 3 rings (SSSR count). The van der Waals surface area contributed by atoms with Crippen LogP contribution in [-0.2, 0) is 0 Å². The van der Waals surface area contributed by atoms with Gasteiger partial charge in [-0.1, -0.05) is 71.6 Å². The molecular weight excluding hydrogens is 240 g/mol. The Balaban J connectivity index is 1.60. The molecule has 20 heavy (non-hydrogen) atoms. The second-order valence-corrected chi connectivity index (χ2v) is 8.29. The van der Waals surface area contributed by atoms with E-state index in [0.717, 1.165) is 35.5 Å². The van der Waals surface area contributed by atoms with Gasteiger partial charge in [0.05, 0.1) is 0 Å². The summed E-state index contributed by atoms with van der Waals surface area (Å²) in [5, 5.41) is 0. The Hall–Kier alpha value is 0. The predicted octanol–water partition coefficient (Wildman–Crippen LogP) is 6.45. The van der Waals surface area contributed by atoms with Crippen LogP contribution in [0.4, 0.5) is 0 Å². The molecule has 0 radical (unpaired) electrons. The lowest BCUT2D eigenvalue weighted by Crippen LogP contribution is -2.22. The monoisotopic (exact) mass is 276 g/mol. The van der Waals surface area contributed by atoms with Crippen molar-refractivity contribution in [3.8, 4) is 0 Å². The molecule has 5 atom stereocenters. The molecule has 0 amide bonds. The molecule has 0 N–H and O–H groups in total. The molecule has 3 fully saturated rings. The molecule has 0 heteroatoms. The van der Waals surface area contributed by atoms with E-state index >= 15 is 0 Å². The second-order valence-electron chi connectivity index (χ2n) is 8.29. The highest BCUT2D eigenvalue weighted by Gasteiger charge is 2.47. The van der Waals surface area contributed by atoms with Crippen LogP contribution in [0.25, 0.3) is 0 Å². The van der Waals surface area contributed by atoms with Crippen LogP contribution >= 0.6 is 0 Å². The maximum Gasteiger partial charge on any atom is -0.0352 e. The zero-order chi connectivity index (χ0) is 13.9. The van der Waals surface area contributed by atoms with Crippen LogP contribution in [0.5, 0.6) is 0 Å². The van der Waals surface area contributed by atoms with E-state index in [1.54, 1.807) is 38.5 Å². The van der Waals surface area contributed by atoms with Gasteiger partial charge in [0.2, 0.25) is 0 Å². The van der Waals surface area contributed by atoms with E-state index in [4.69, 9.17) is 0 Å². The standard InChI is InChI=1S/C20H36/c1-3-17-15(2)18-11-7-8-12-19(18)20(17)14-13-16-9-5-4-6-10-16/h15-20H,3-14H2,1-2H3/t15?,17?,18-,19?,20?/m0/s1. The van der Waals surface area contributed by atoms with Crippen molar-refractivity contribution < 1.29 is 0 Å². The number of hydrogen-bond donors (Lipinski definition) is 0. The van der Waals surface area contributed by atoms with Gasteiger partial charge in [-0.2, -0.15) is 0 Å². The molecule has 3 aliphatic rings. The van der Waals surface area contributed by atoms with Crippen molar-refractivity contribution in [2.75, 3.05) is 0 Å². The number of hydrogen-bond acceptors (Lipinski definition) is 0. The summed E-state index contributed by atoms with van der Waals surface area (Å²) in [5.41, 5.74) is 0. The average molecular weight is 277 g/mol. The van der Waals surface area contributed by atoms with E-state index < -0.39 is 0 Å². The van der Waals surface area contributed by atoms with Crippen LogP contribution in [0.15, 0.2) is 0 Å². The van der Waals surface area contributed by atoms with Gasteiger partial charge in [-0.3, -0.25) is 0 Å². The summed E-state index contributed by atoms with van der Waals surface area (Å²) in [7, 11) is 0. The second kappa shape index (κ2) is 6.84. The Kier molecular flexibility index (Phi) is 5.10. The van der Waals surface area contributed by atoms with Crippen LogP contribution in [0.2, 0.25) is 0 Å². The van der Waals surface area contributed by atoms with Crippen molar-refractivity contribution in [2.24, 2.45) is 35.5 Å². The van der Waals surface area contributed by atoms with Crippen LogP contribution in [0, 0.1) is 35.5 Å². The first kappa shape index (κ1) is 14.9. The SMILES string of the molecule is CCC1C(CCC2CCCCC2)C2CCCC[C@H]2C1C. The van der Waals surface area contributed by atoms with Crippen LogP contribution in [0.1, 0.15) is 90.9 Å². The predicted molar refractivity (Wildman–Crippen MR) is 87.7 cm³/mol. The van der Waals surface area contributed by atoms with Crippen molar-refractivity contribution in [1.29, 1.82) is 0 Å². The maximum absolute atomic E-state index is 2.60. The topological polar surface area (TPSA) is 0 Å². The lowest BCUT2D eigenvalue weighted by atomic mass is 9.74. The fraction of sp³-hybridized carbons (Fsp3) is 1.00. The number of fused-ring (bicyclic) bond motifs is 1. The Morgan fingerprint density at radius 2 is 1.35 bits per heavy atom. The van der Waals surface area contributed by atoms with Gasteiger partial charge in [0.25, 0.3) is 0 Å². The Bertz CT molecular complexity index is 288. The molecule has 116 valence electrons. The average Bonchev–Trinajstić information content (AvgIpc) is 2.78. The van der Waals surface area contributed by atoms with Crippen molar-refractivity contribution >= 4 is 0 Å². The summed E-state index contributed by atoms with van der Waals surface area (Å²) in [4.78, 5) is 0. The third-order valence-corrected chi connectivity index (χ3v) is 7.43. The zero-order valence-electron chi connectivity index (χ0n) is 13.9. The van der Waals surface area contributed by atoms with Crippen LogP contribution < -0.4 is 0 Å². The summed E-state index contributed by atoms with van der Waals surface area (Å²) in [6, 6.07) is 0. The minimum absolute atomic E-state index is 1.03. The van der Waals surface area contributed by atoms with Gasteiger partial charge >= 0.3 is 0 Å². The molecule has 0 aromatic carbocycles. The molecule has 0 heterocycles. The van der Waals surface area contributed by atoms with Crippen molar-refractivity contribution in [1.82, 2.24) is 0 Å². The molecule has 0 aromatic heterocycles. The highest BCUT2D eigenvalue weighted by Crippen LogP contribution is 2.55. The Morgan fingerprint density at radius 3 is 2.05 bits per heavy atom. The van der Waals surface area contributed by atoms with Gasteiger partial charge in [0.15, 0.2) is 0 Å². The maximum atomic E-state index is 2.60. The van der Waals surface area contributed by atoms with Crippen molar-refractivity contribution in [3.05, 3.63) is 0 Å². The molecule has 3 aliphatic carbocycles. The van der Waals surface area contributed by atoms with E-state index in [2.05, 4.69) is 13.8 Å². The molecule has 3 saturated carbocycles.